The maximum Gasteiger partial charge on any atom is 0.191 e. The quantitative estimate of drug-likeness (QED) is 0.261. The molecule has 0 saturated carbocycles. The zero-order chi connectivity index (χ0) is 19.9. The van der Waals surface area contributed by atoms with E-state index in [1.54, 1.807) is 11.3 Å². The molecular formula is C20H26ClIN6S. The molecule has 0 aliphatic heterocycles. The van der Waals surface area contributed by atoms with Crippen LogP contribution in [0.2, 0.25) is 5.02 Å². The van der Waals surface area contributed by atoms with Crippen LogP contribution in [0.3, 0.4) is 0 Å². The highest BCUT2D eigenvalue weighted by molar-refractivity contribution is 14.0. The largest absolute Gasteiger partial charge is 0.357 e. The first kappa shape index (κ1) is 23.6. The number of aryl methyl sites for hydroxylation is 2. The Labute approximate surface area is 197 Å². The molecule has 0 radical (unpaired) electrons. The molecular weight excluding hydrogens is 519 g/mol. The van der Waals surface area contributed by atoms with Crippen molar-refractivity contribution in [3.8, 4) is 5.69 Å². The van der Waals surface area contributed by atoms with E-state index in [-0.39, 0.29) is 24.0 Å². The molecule has 0 atom stereocenters. The van der Waals surface area contributed by atoms with Crippen molar-refractivity contribution in [3.05, 3.63) is 62.8 Å². The van der Waals surface area contributed by atoms with Gasteiger partial charge >= 0.3 is 0 Å². The molecule has 1 aromatic carbocycles. The molecule has 0 amide bonds. The van der Waals surface area contributed by atoms with Gasteiger partial charge in [-0.05, 0) is 45.0 Å². The van der Waals surface area contributed by atoms with Crippen LogP contribution in [0.25, 0.3) is 5.69 Å². The van der Waals surface area contributed by atoms with Gasteiger partial charge in [-0.15, -0.1) is 35.3 Å². The van der Waals surface area contributed by atoms with Crippen LogP contribution in [0.4, 0.5) is 0 Å². The Morgan fingerprint density at radius 2 is 1.97 bits per heavy atom. The molecule has 0 bridgehead atoms. The number of nitrogens with one attached hydrogen (secondary N) is 2. The van der Waals surface area contributed by atoms with E-state index in [1.807, 2.05) is 41.3 Å². The third-order valence-electron chi connectivity index (χ3n) is 4.20. The van der Waals surface area contributed by atoms with E-state index in [0.29, 0.717) is 11.6 Å². The van der Waals surface area contributed by atoms with Crippen molar-refractivity contribution in [2.75, 3.05) is 13.1 Å². The molecule has 2 N–H and O–H groups in total. The van der Waals surface area contributed by atoms with Crippen molar-refractivity contribution in [2.45, 2.75) is 33.7 Å². The van der Waals surface area contributed by atoms with Gasteiger partial charge < -0.3 is 10.6 Å². The first-order chi connectivity index (χ1) is 13.5. The Kier molecular flexibility index (Phi) is 9.38. The van der Waals surface area contributed by atoms with Gasteiger partial charge in [-0.25, -0.2) is 14.7 Å². The molecule has 0 unspecified atom stereocenters. The summed E-state index contributed by atoms with van der Waals surface area (Å²) < 4.78 is 1.83. The summed E-state index contributed by atoms with van der Waals surface area (Å²) in [7, 11) is 0. The van der Waals surface area contributed by atoms with E-state index in [0.717, 1.165) is 47.4 Å². The van der Waals surface area contributed by atoms with Gasteiger partial charge in [0, 0.05) is 41.2 Å². The fourth-order valence-corrected chi connectivity index (χ4v) is 3.68. The maximum atomic E-state index is 5.94. The Morgan fingerprint density at radius 1 is 1.21 bits per heavy atom. The number of aliphatic imine (C=N–C) groups is 1. The smallest absolute Gasteiger partial charge is 0.191 e. The zero-order valence-electron chi connectivity index (χ0n) is 16.8. The summed E-state index contributed by atoms with van der Waals surface area (Å²) in [6.45, 7) is 8.38. The van der Waals surface area contributed by atoms with Crippen LogP contribution in [0.15, 0.2) is 41.7 Å². The van der Waals surface area contributed by atoms with Gasteiger partial charge in [0.1, 0.15) is 0 Å². The number of hydrogen-bond donors (Lipinski definition) is 2. The highest BCUT2D eigenvalue weighted by Gasteiger charge is 2.05. The standard InChI is InChI=1S/C20H25ClN6S.HI/c1-4-22-20(23-10-9-19-26-14(2)15(3)28-19)24-11-16-12-25-27(13-16)18-7-5-17(21)6-8-18;/h5-8,12-13H,4,9-11H2,1-3H3,(H2,22,23,24);1H. The Balaban J connectivity index is 0.00000300. The number of benzene rings is 1. The summed E-state index contributed by atoms with van der Waals surface area (Å²) in [6, 6.07) is 7.59. The molecule has 6 nitrogen and oxygen atoms in total. The van der Waals surface area contributed by atoms with E-state index in [2.05, 4.69) is 46.5 Å². The van der Waals surface area contributed by atoms with Crippen LogP contribution in [-0.2, 0) is 13.0 Å². The Hall–Kier alpha value is -1.65. The summed E-state index contributed by atoms with van der Waals surface area (Å²) in [5.74, 6) is 0.798. The van der Waals surface area contributed by atoms with Gasteiger partial charge in [-0.3, -0.25) is 0 Å². The topological polar surface area (TPSA) is 67.1 Å². The molecule has 3 rings (SSSR count). The van der Waals surface area contributed by atoms with Crippen molar-refractivity contribution < 1.29 is 0 Å². The molecule has 2 heterocycles. The Bertz CT molecular complexity index is 915. The molecule has 0 aliphatic rings. The number of halogens is 2. The van der Waals surface area contributed by atoms with Crippen LogP contribution >= 0.6 is 46.9 Å². The Morgan fingerprint density at radius 3 is 2.62 bits per heavy atom. The first-order valence-electron chi connectivity index (χ1n) is 9.29. The number of aromatic nitrogens is 3. The van der Waals surface area contributed by atoms with Crippen LogP contribution < -0.4 is 10.6 Å². The lowest BCUT2D eigenvalue weighted by Gasteiger charge is -2.10. The van der Waals surface area contributed by atoms with Crippen molar-refractivity contribution in [2.24, 2.45) is 4.99 Å². The molecule has 3 aromatic rings. The van der Waals surface area contributed by atoms with Crippen molar-refractivity contribution in [1.82, 2.24) is 25.4 Å². The van der Waals surface area contributed by atoms with Crippen LogP contribution in [0.5, 0.6) is 0 Å². The van der Waals surface area contributed by atoms with Gasteiger partial charge in [-0.1, -0.05) is 11.6 Å². The van der Waals surface area contributed by atoms with Crippen LogP contribution in [0, 0.1) is 13.8 Å². The van der Waals surface area contributed by atoms with E-state index < -0.39 is 0 Å². The number of nitrogens with zero attached hydrogens (tertiary/aromatic N) is 4. The molecule has 0 saturated heterocycles. The number of rotatable bonds is 7. The van der Waals surface area contributed by atoms with Crippen molar-refractivity contribution in [3.63, 3.8) is 0 Å². The lowest BCUT2D eigenvalue weighted by molar-refractivity contribution is 0.795. The lowest BCUT2D eigenvalue weighted by Crippen LogP contribution is -2.38. The van der Waals surface area contributed by atoms with Gasteiger partial charge in [-0.2, -0.15) is 5.10 Å². The second-order valence-electron chi connectivity index (χ2n) is 6.39. The molecule has 29 heavy (non-hydrogen) atoms. The summed E-state index contributed by atoms with van der Waals surface area (Å²) in [5.41, 5.74) is 3.13. The minimum Gasteiger partial charge on any atom is -0.357 e. The molecule has 156 valence electrons. The monoisotopic (exact) mass is 544 g/mol. The maximum absolute atomic E-state index is 5.94. The molecule has 0 aliphatic carbocycles. The fraction of sp³-hybridized carbons (Fsp3) is 0.350. The minimum absolute atomic E-state index is 0. The second-order valence-corrected chi connectivity index (χ2v) is 8.11. The zero-order valence-corrected chi connectivity index (χ0v) is 20.7. The van der Waals surface area contributed by atoms with E-state index in [9.17, 15) is 0 Å². The SMILES string of the molecule is CCNC(=NCc1cnn(-c2ccc(Cl)cc2)c1)NCCc1nc(C)c(C)s1.I. The van der Waals surface area contributed by atoms with Gasteiger partial charge in [0.2, 0.25) is 0 Å². The molecule has 0 spiro atoms. The highest BCUT2D eigenvalue weighted by atomic mass is 127. The van der Waals surface area contributed by atoms with E-state index >= 15 is 0 Å². The number of thiazole rings is 1. The molecule has 9 heteroatoms. The summed E-state index contributed by atoms with van der Waals surface area (Å²) in [5, 5.41) is 12.9. The molecule has 0 fully saturated rings. The normalized spacial score (nSPS) is 11.2. The second kappa shape index (κ2) is 11.5. The first-order valence-corrected chi connectivity index (χ1v) is 10.5. The summed E-state index contributed by atoms with van der Waals surface area (Å²) in [4.78, 5) is 10.5. The predicted octanol–water partition coefficient (Wildman–Crippen LogP) is 4.51. The minimum atomic E-state index is 0. The van der Waals surface area contributed by atoms with Crippen LogP contribution in [0.1, 0.15) is 28.1 Å². The van der Waals surface area contributed by atoms with Crippen LogP contribution in [-0.4, -0.2) is 33.8 Å². The van der Waals surface area contributed by atoms with Gasteiger partial charge in [0.05, 0.1) is 29.1 Å². The highest BCUT2D eigenvalue weighted by Crippen LogP contribution is 2.16. The summed E-state index contributed by atoms with van der Waals surface area (Å²) >= 11 is 7.70. The third kappa shape index (κ3) is 6.97. The predicted molar refractivity (Wildman–Crippen MR) is 132 cm³/mol. The average Bonchev–Trinajstić information content (AvgIpc) is 3.27. The van der Waals surface area contributed by atoms with Gasteiger partial charge in [0.15, 0.2) is 5.96 Å². The fourth-order valence-electron chi connectivity index (χ4n) is 2.62. The van der Waals surface area contributed by atoms with E-state index in [1.165, 1.54) is 4.88 Å². The average molecular weight is 545 g/mol. The lowest BCUT2D eigenvalue weighted by atomic mass is 10.3. The van der Waals surface area contributed by atoms with Crippen molar-refractivity contribution >= 4 is 52.9 Å². The number of hydrogen-bond acceptors (Lipinski definition) is 4. The number of guanidine groups is 1. The molecule has 2 aromatic heterocycles. The third-order valence-corrected chi connectivity index (χ3v) is 5.58. The van der Waals surface area contributed by atoms with Crippen molar-refractivity contribution in [1.29, 1.82) is 0 Å². The summed E-state index contributed by atoms with van der Waals surface area (Å²) in [6.07, 6.45) is 4.71. The van der Waals surface area contributed by atoms with E-state index in [4.69, 9.17) is 11.6 Å². The van der Waals surface area contributed by atoms with Gasteiger partial charge in [0.25, 0.3) is 0 Å².